The summed E-state index contributed by atoms with van der Waals surface area (Å²) >= 11 is 0. The summed E-state index contributed by atoms with van der Waals surface area (Å²) in [6, 6.07) is 18.6. The number of benzene rings is 3. The van der Waals surface area contributed by atoms with Crippen LogP contribution < -0.4 is 0 Å². The second-order valence-electron chi connectivity index (χ2n) is 8.51. The number of fused-ring (bicyclic) bond motifs is 3. The topological polar surface area (TPSA) is 77.7 Å². The fraction of sp³-hybridized carbons (Fsp3) is 0.200. The highest BCUT2D eigenvalue weighted by Gasteiger charge is 2.19. The summed E-state index contributed by atoms with van der Waals surface area (Å²) in [5.41, 5.74) is 4.55. The highest BCUT2D eigenvalue weighted by molar-refractivity contribution is 6.46. The van der Waals surface area contributed by atoms with Gasteiger partial charge in [-0.15, -0.1) is 12.3 Å². The number of terminal acetylenes is 1. The lowest BCUT2D eigenvalue weighted by molar-refractivity contribution is -0.140. The van der Waals surface area contributed by atoms with Gasteiger partial charge in [0.2, 0.25) is 5.78 Å². The molecule has 1 aromatic heterocycles. The summed E-state index contributed by atoms with van der Waals surface area (Å²) in [6.07, 6.45) is 5.83. The number of oxime groups is 1. The lowest BCUT2D eigenvalue weighted by Gasteiger charge is -2.06. The van der Waals surface area contributed by atoms with E-state index < -0.39 is 5.97 Å². The van der Waals surface area contributed by atoms with Crippen molar-refractivity contribution < 1.29 is 19.2 Å². The minimum atomic E-state index is -0.617. The van der Waals surface area contributed by atoms with Gasteiger partial charge in [0.05, 0.1) is 0 Å². The Morgan fingerprint density at radius 1 is 0.972 bits per heavy atom. The third-order valence-corrected chi connectivity index (χ3v) is 6.15. The highest BCUT2D eigenvalue weighted by atomic mass is 16.7. The van der Waals surface area contributed by atoms with Gasteiger partial charge >= 0.3 is 5.97 Å². The number of ketones is 2. The van der Waals surface area contributed by atoms with E-state index in [2.05, 4.69) is 15.6 Å². The quantitative estimate of drug-likeness (QED) is 0.104. The van der Waals surface area contributed by atoms with Crippen LogP contribution in [-0.2, 0) is 16.2 Å². The zero-order valence-electron chi connectivity index (χ0n) is 20.5. The van der Waals surface area contributed by atoms with Gasteiger partial charge in [-0.1, -0.05) is 29.4 Å². The summed E-state index contributed by atoms with van der Waals surface area (Å²) in [6.45, 7) is 5.91. The maximum Gasteiger partial charge on any atom is 0.331 e. The standard InChI is InChI=1S/C30H26N2O4/c1-5-7-12-26(31-36-20(4)33)30(35)22-14-16-28-25(18-22)24-17-21(13-15-27(24)32(28)6-2)29(34)23-11-9-8-10-19(23)3/h1,8-11,13-18H,6-7,12H2,2-4H3. The first-order valence-electron chi connectivity index (χ1n) is 11.7. The van der Waals surface area contributed by atoms with E-state index in [0.717, 1.165) is 33.9 Å². The number of rotatable bonds is 8. The maximum absolute atomic E-state index is 13.3. The van der Waals surface area contributed by atoms with Crippen molar-refractivity contribution in [2.24, 2.45) is 5.16 Å². The molecule has 0 aliphatic heterocycles. The average molecular weight is 479 g/mol. The molecular weight excluding hydrogens is 452 g/mol. The molecule has 1 heterocycles. The Balaban J connectivity index is 1.84. The molecule has 4 rings (SSSR count). The molecule has 0 spiro atoms. The van der Waals surface area contributed by atoms with Crippen molar-refractivity contribution in [2.45, 2.75) is 40.2 Å². The van der Waals surface area contributed by atoms with Gasteiger partial charge in [0.15, 0.2) is 5.78 Å². The van der Waals surface area contributed by atoms with Gasteiger partial charge < -0.3 is 9.40 Å². The van der Waals surface area contributed by atoms with Crippen LogP contribution in [0.25, 0.3) is 21.8 Å². The molecule has 0 bridgehead atoms. The van der Waals surface area contributed by atoms with Crippen molar-refractivity contribution in [3.8, 4) is 12.3 Å². The van der Waals surface area contributed by atoms with Gasteiger partial charge in [0.25, 0.3) is 0 Å². The lowest BCUT2D eigenvalue weighted by atomic mass is 9.97. The molecule has 0 radical (unpaired) electrons. The lowest BCUT2D eigenvalue weighted by Crippen LogP contribution is -2.15. The van der Waals surface area contributed by atoms with Crippen LogP contribution in [0, 0.1) is 19.3 Å². The molecule has 0 amide bonds. The van der Waals surface area contributed by atoms with Crippen molar-refractivity contribution in [2.75, 3.05) is 0 Å². The minimum absolute atomic E-state index is 0.0512. The molecule has 0 unspecified atom stereocenters. The van der Waals surface area contributed by atoms with Crippen molar-refractivity contribution in [3.05, 3.63) is 82.9 Å². The van der Waals surface area contributed by atoms with Gasteiger partial charge in [0.1, 0.15) is 5.71 Å². The van der Waals surface area contributed by atoms with E-state index in [1.54, 1.807) is 12.1 Å². The number of aromatic nitrogens is 1. The van der Waals surface area contributed by atoms with Crippen molar-refractivity contribution in [1.29, 1.82) is 0 Å². The summed E-state index contributed by atoms with van der Waals surface area (Å²) < 4.78 is 2.15. The van der Waals surface area contributed by atoms with Crippen LogP contribution in [0.5, 0.6) is 0 Å². The van der Waals surface area contributed by atoms with Gasteiger partial charge in [0, 0.05) is 64.8 Å². The molecule has 180 valence electrons. The molecule has 0 aliphatic rings. The summed E-state index contributed by atoms with van der Waals surface area (Å²) in [4.78, 5) is 42.5. The number of carbonyl (C=O) groups excluding carboxylic acids is 3. The normalized spacial score (nSPS) is 11.4. The van der Waals surface area contributed by atoms with Gasteiger partial charge in [-0.2, -0.15) is 0 Å². The fourth-order valence-electron chi connectivity index (χ4n) is 4.39. The van der Waals surface area contributed by atoms with Gasteiger partial charge in [-0.25, -0.2) is 4.79 Å². The van der Waals surface area contributed by atoms with Crippen LogP contribution in [0.1, 0.15) is 58.5 Å². The summed E-state index contributed by atoms with van der Waals surface area (Å²) in [7, 11) is 0. The Labute approximate surface area is 209 Å². The average Bonchev–Trinajstić information content (AvgIpc) is 3.20. The molecule has 0 saturated heterocycles. The Kier molecular flexibility index (Phi) is 7.12. The molecule has 36 heavy (non-hydrogen) atoms. The predicted octanol–water partition coefficient (Wildman–Crippen LogP) is 5.87. The van der Waals surface area contributed by atoms with Gasteiger partial charge in [-0.3, -0.25) is 9.59 Å². The van der Waals surface area contributed by atoms with E-state index in [0.29, 0.717) is 16.7 Å². The molecule has 0 N–H and O–H groups in total. The maximum atomic E-state index is 13.3. The van der Waals surface area contributed by atoms with E-state index in [1.165, 1.54) is 6.92 Å². The summed E-state index contributed by atoms with van der Waals surface area (Å²) in [5, 5.41) is 5.48. The molecule has 0 saturated carbocycles. The second-order valence-corrected chi connectivity index (χ2v) is 8.51. The monoisotopic (exact) mass is 478 g/mol. The minimum Gasteiger partial charge on any atom is -0.341 e. The van der Waals surface area contributed by atoms with Crippen LogP contribution in [0.15, 0.2) is 65.8 Å². The zero-order chi connectivity index (χ0) is 25.8. The smallest absolute Gasteiger partial charge is 0.331 e. The first kappa shape index (κ1) is 24.6. The predicted molar refractivity (Wildman–Crippen MR) is 141 cm³/mol. The summed E-state index contributed by atoms with van der Waals surface area (Å²) in [5.74, 6) is 1.45. The Morgan fingerprint density at radius 3 is 2.22 bits per heavy atom. The molecule has 6 nitrogen and oxygen atoms in total. The SMILES string of the molecule is C#CCCC(=NOC(C)=O)C(=O)c1ccc2c(c1)c1cc(C(=O)c3ccccc3C)ccc1n2CC. The first-order chi connectivity index (χ1) is 17.3. The van der Waals surface area contributed by atoms with E-state index >= 15 is 0 Å². The zero-order valence-corrected chi connectivity index (χ0v) is 20.5. The first-order valence-corrected chi connectivity index (χ1v) is 11.7. The Morgan fingerprint density at radius 2 is 1.61 bits per heavy atom. The number of Topliss-reactive ketones (excluding diaryl/α,β-unsaturated/α-hetero) is 1. The van der Waals surface area contributed by atoms with Crippen LogP contribution >= 0.6 is 0 Å². The molecule has 6 heteroatoms. The second kappa shape index (κ2) is 10.4. The number of hydrogen-bond acceptors (Lipinski definition) is 5. The van der Waals surface area contributed by atoms with Crippen molar-refractivity contribution >= 4 is 45.1 Å². The molecule has 0 fully saturated rings. The molecule has 0 atom stereocenters. The third kappa shape index (κ3) is 4.69. The molecule has 3 aromatic carbocycles. The van der Waals surface area contributed by atoms with E-state index in [-0.39, 0.29) is 30.1 Å². The number of nitrogens with zero attached hydrogens (tertiary/aromatic N) is 2. The molecular formula is C30H26N2O4. The van der Waals surface area contributed by atoms with Crippen molar-refractivity contribution in [1.82, 2.24) is 4.57 Å². The van der Waals surface area contributed by atoms with Crippen LogP contribution in [0.3, 0.4) is 0 Å². The highest BCUT2D eigenvalue weighted by Crippen LogP contribution is 2.32. The number of aryl methyl sites for hydroxylation is 2. The molecule has 4 aromatic rings. The van der Waals surface area contributed by atoms with Crippen molar-refractivity contribution in [3.63, 3.8) is 0 Å². The van der Waals surface area contributed by atoms with Crippen LogP contribution in [0.4, 0.5) is 0 Å². The fourth-order valence-corrected chi connectivity index (χ4v) is 4.39. The Hall–Kier alpha value is -4.50. The van der Waals surface area contributed by atoms with Crippen LogP contribution in [0.2, 0.25) is 0 Å². The third-order valence-electron chi connectivity index (χ3n) is 6.15. The van der Waals surface area contributed by atoms with E-state index in [9.17, 15) is 14.4 Å². The van der Waals surface area contributed by atoms with E-state index in [1.807, 2.05) is 62.4 Å². The Bertz CT molecular complexity index is 1580. The van der Waals surface area contributed by atoms with Crippen LogP contribution in [-0.4, -0.2) is 27.8 Å². The number of hydrogen-bond donors (Lipinski definition) is 0. The largest absolute Gasteiger partial charge is 0.341 e. The molecule has 0 aliphatic carbocycles. The number of carbonyl (C=O) groups is 3. The van der Waals surface area contributed by atoms with E-state index in [4.69, 9.17) is 11.3 Å². The van der Waals surface area contributed by atoms with Gasteiger partial charge in [-0.05, 0) is 55.8 Å².